The molecule has 0 bridgehead atoms. The SMILES string of the molecule is [Br+].[Cl-].[Cl-].[K+]. The average Bonchev–Trinajstić information content (AvgIpc) is 0. The molecule has 4 heavy (non-hydrogen) atoms. The first kappa shape index (κ1) is 29.9. The summed E-state index contributed by atoms with van der Waals surface area (Å²) in [6.45, 7) is 0. The van der Waals surface area contributed by atoms with Crippen molar-refractivity contribution < 1.29 is 93.2 Å². The van der Waals surface area contributed by atoms with Gasteiger partial charge in [0.1, 0.15) is 0 Å². The maximum absolute atomic E-state index is 0. The zero-order valence-electron chi connectivity index (χ0n) is 2.13. The van der Waals surface area contributed by atoms with Gasteiger partial charge in [-0.2, -0.15) is 0 Å². The minimum atomic E-state index is 0. The van der Waals surface area contributed by atoms with Gasteiger partial charge < -0.3 is 24.8 Å². The van der Waals surface area contributed by atoms with E-state index in [1.54, 1.807) is 0 Å². The molecule has 0 aliphatic carbocycles. The van der Waals surface area contributed by atoms with Crippen LogP contribution in [-0.4, -0.2) is 0 Å². The second-order valence-electron chi connectivity index (χ2n) is 0. The van der Waals surface area contributed by atoms with Gasteiger partial charge in [0.2, 0.25) is 0 Å². The molecular formula is BrCl2K. The first-order valence-corrected chi connectivity index (χ1v) is 0. The van der Waals surface area contributed by atoms with Gasteiger partial charge in [0.25, 0.3) is 0 Å². The van der Waals surface area contributed by atoms with Gasteiger partial charge in [0, 0.05) is 0 Å². The zero-order chi connectivity index (χ0) is 0. The number of rotatable bonds is 0. The Morgan fingerprint density at radius 2 is 0.750 bits per heavy atom. The van der Waals surface area contributed by atoms with Gasteiger partial charge in [-0.05, 0) is 0 Å². The molecule has 0 heterocycles. The molecule has 0 nitrogen and oxygen atoms in total. The summed E-state index contributed by atoms with van der Waals surface area (Å²) in [6.07, 6.45) is 0. The van der Waals surface area contributed by atoms with Gasteiger partial charge in [-0.15, -0.1) is 0 Å². The molecule has 0 rings (SSSR count). The van der Waals surface area contributed by atoms with Crippen LogP contribution in [0.4, 0.5) is 0 Å². The van der Waals surface area contributed by atoms with Crippen molar-refractivity contribution in [1.82, 2.24) is 0 Å². The van der Waals surface area contributed by atoms with Crippen LogP contribution in [0.3, 0.4) is 0 Å². The molecule has 0 saturated carbocycles. The van der Waals surface area contributed by atoms with E-state index < -0.39 is 0 Å². The van der Waals surface area contributed by atoms with Gasteiger partial charge in [-0.3, -0.25) is 0 Å². The third kappa shape index (κ3) is 8.83. The van der Waals surface area contributed by atoms with Crippen LogP contribution >= 0.6 is 0 Å². The molecule has 2 radical (unpaired) electrons. The molecule has 0 spiro atoms. The summed E-state index contributed by atoms with van der Waals surface area (Å²) in [4.78, 5) is 0. The van der Waals surface area contributed by atoms with Gasteiger partial charge in [-0.1, -0.05) is 0 Å². The monoisotopic (exact) mass is 188 g/mol. The van der Waals surface area contributed by atoms with Crippen LogP contribution in [0.15, 0.2) is 0 Å². The van der Waals surface area contributed by atoms with Gasteiger partial charge in [-0.25, -0.2) is 0 Å². The standard InChI is InChI=1S/Br.2ClH.K/h;2*1H;/q+1;;;+1/p-2. The van der Waals surface area contributed by atoms with Crippen LogP contribution in [0.1, 0.15) is 0 Å². The minimum absolute atomic E-state index is 0. The van der Waals surface area contributed by atoms with Crippen LogP contribution in [0, 0.1) is 17.0 Å². The van der Waals surface area contributed by atoms with E-state index in [-0.39, 0.29) is 93.2 Å². The smallest absolute Gasteiger partial charge is 1.00 e. The van der Waals surface area contributed by atoms with Crippen molar-refractivity contribution in [3.63, 3.8) is 0 Å². The molecule has 0 amide bonds. The van der Waals surface area contributed by atoms with Crippen LogP contribution in [0.25, 0.3) is 0 Å². The molecule has 0 aromatic heterocycles. The summed E-state index contributed by atoms with van der Waals surface area (Å²) in [5.41, 5.74) is 0. The molecule has 22 valence electrons. The van der Waals surface area contributed by atoms with E-state index in [1.807, 2.05) is 0 Å². The molecule has 0 N–H and O–H groups in total. The minimum Gasteiger partial charge on any atom is -1.00 e. The second-order valence-corrected chi connectivity index (χ2v) is 0. The Morgan fingerprint density at radius 1 is 0.750 bits per heavy atom. The summed E-state index contributed by atoms with van der Waals surface area (Å²) in [5.74, 6) is 0. The Kier molecular flexibility index (Phi) is 129. The van der Waals surface area contributed by atoms with Crippen LogP contribution in [0.2, 0.25) is 0 Å². The van der Waals surface area contributed by atoms with Gasteiger partial charge >= 0.3 is 68.4 Å². The van der Waals surface area contributed by atoms with Crippen LogP contribution in [-0.2, 0) is 0 Å². The molecule has 0 aromatic carbocycles. The summed E-state index contributed by atoms with van der Waals surface area (Å²) in [7, 11) is 0. The maximum Gasteiger partial charge on any atom is 1.00 e. The fourth-order valence-corrected chi connectivity index (χ4v) is 0. The van der Waals surface area contributed by atoms with Gasteiger partial charge in [0.05, 0.1) is 0 Å². The topological polar surface area (TPSA) is 0 Å². The number of hydrogen-bond donors (Lipinski definition) is 0. The van der Waals surface area contributed by atoms with Crippen molar-refractivity contribution in [2.75, 3.05) is 0 Å². The van der Waals surface area contributed by atoms with E-state index in [2.05, 4.69) is 0 Å². The predicted molar refractivity (Wildman–Crippen MR) is 0 cm³/mol. The summed E-state index contributed by atoms with van der Waals surface area (Å²) >= 11 is 0. The van der Waals surface area contributed by atoms with Gasteiger partial charge in [0.15, 0.2) is 0 Å². The van der Waals surface area contributed by atoms with Crippen molar-refractivity contribution in [1.29, 1.82) is 0 Å². The largest absolute Gasteiger partial charge is 1.00 e. The Bertz CT molecular complexity index is 6.00. The average molecular weight is 190 g/mol. The van der Waals surface area contributed by atoms with Crippen molar-refractivity contribution in [2.45, 2.75) is 0 Å². The molecule has 0 unspecified atom stereocenters. The number of halogens is 3. The molecule has 0 saturated heterocycles. The molecule has 0 aromatic rings. The molecule has 0 aliphatic rings. The molecule has 0 aliphatic heterocycles. The second kappa shape index (κ2) is 17.3. The van der Waals surface area contributed by atoms with Crippen molar-refractivity contribution in [3.05, 3.63) is 0 Å². The first-order valence-electron chi connectivity index (χ1n) is 0. The zero-order valence-corrected chi connectivity index (χ0v) is 8.35. The van der Waals surface area contributed by atoms with E-state index in [0.29, 0.717) is 0 Å². The summed E-state index contributed by atoms with van der Waals surface area (Å²) in [5, 5.41) is 0. The Balaban J connectivity index is 0. The normalized spacial score (nSPS) is 0. The third-order valence-electron chi connectivity index (χ3n) is 0. The Labute approximate surface area is 91.1 Å². The Morgan fingerprint density at radius 3 is 0.750 bits per heavy atom. The Hall–Kier alpha value is 2.70. The first-order chi connectivity index (χ1) is 0. The fraction of sp³-hybridized carbons (Fsp3) is 0. The van der Waals surface area contributed by atoms with Crippen LogP contribution in [0.5, 0.6) is 0 Å². The van der Waals surface area contributed by atoms with E-state index in [1.165, 1.54) is 0 Å². The van der Waals surface area contributed by atoms with E-state index in [9.17, 15) is 0 Å². The van der Waals surface area contributed by atoms with E-state index >= 15 is 0 Å². The van der Waals surface area contributed by atoms with Crippen molar-refractivity contribution in [2.24, 2.45) is 0 Å². The number of hydrogen-bond acceptors (Lipinski definition) is 0. The van der Waals surface area contributed by atoms with Crippen molar-refractivity contribution in [3.8, 4) is 0 Å². The quantitative estimate of drug-likeness (QED) is 0.333. The maximum atomic E-state index is 0. The summed E-state index contributed by atoms with van der Waals surface area (Å²) in [6, 6.07) is 0. The predicted octanol–water partition coefficient (Wildman–Crippen LogP) is -8.99. The molecule has 0 atom stereocenters. The third-order valence-corrected chi connectivity index (χ3v) is 0. The summed E-state index contributed by atoms with van der Waals surface area (Å²) < 4.78 is 0. The molecule has 0 fully saturated rings. The van der Waals surface area contributed by atoms with E-state index in [0.717, 1.165) is 0 Å². The van der Waals surface area contributed by atoms with Crippen molar-refractivity contribution >= 4 is 0 Å². The van der Waals surface area contributed by atoms with E-state index in [4.69, 9.17) is 0 Å². The fourth-order valence-electron chi connectivity index (χ4n) is 0. The molecular weight excluding hydrogens is 190 g/mol. The van der Waals surface area contributed by atoms with Crippen LogP contribution < -0.4 is 76.2 Å². The molecule has 4 heteroatoms.